The van der Waals surface area contributed by atoms with Crippen LogP contribution in [0.1, 0.15) is 9.67 Å². The lowest BCUT2D eigenvalue weighted by atomic mass is 10.2. The molecule has 0 aliphatic rings. The van der Waals surface area contributed by atoms with E-state index >= 15 is 0 Å². The molecule has 0 radical (unpaired) electrons. The molecule has 0 saturated heterocycles. The second-order valence-corrected chi connectivity index (χ2v) is 5.76. The highest BCUT2D eigenvalue weighted by molar-refractivity contribution is 7.20. The second kappa shape index (κ2) is 5.36. The Kier molecular flexibility index (Phi) is 3.56. The first kappa shape index (κ1) is 13.3. The van der Waals surface area contributed by atoms with Crippen molar-refractivity contribution in [3.63, 3.8) is 0 Å². The summed E-state index contributed by atoms with van der Waals surface area (Å²) in [6.07, 6.45) is 0. The zero-order chi connectivity index (χ0) is 14.1. The summed E-state index contributed by atoms with van der Waals surface area (Å²) in [5.41, 5.74) is 0. The van der Waals surface area contributed by atoms with Crippen LogP contribution in [-0.4, -0.2) is 15.9 Å². The molecule has 1 amide bonds. The number of benzene rings is 1. The number of carbonyl (C=O) groups excluding carboxylic acids is 1. The number of hydrogen-bond acceptors (Lipinski definition) is 4. The minimum Gasteiger partial charge on any atom is -0.306 e. The van der Waals surface area contributed by atoms with Gasteiger partial charge in [0.2, 0.25) is 5.28 Å². The standard InChI is InChI=1S/C13H7Cl2N3OS/c14-10-6-11(18-13(15)16-10)17-12(19)9-5-7-3-1-2-4-8(7)20-9/h1-6H,(H,16,17,18,19). The van der Waals surface area contributed by atoms with Gasteiger partial charge in [0.25, 0.3) is 5.91 Å². The highest BCUT2D eigenvalue weighted by Crippen LogP contribution is 2.26. The van der Waals surface area contributed by atoms with Gasteiger partial charge in [0.05, 0.1) is 4.88 Å². The minimum absolute atomic E-state index is 0.0101. The van der Waals surface area contributed by atoms with E-state index in [4.69, 9.17) is 23.2 Å². The number of halogens is 2. The van der Waals surface area contributed by atoms with Crippen LogP contribution in [0, 0.1) is 0 Å². The third kappa shape index (κ3) is 2.75. The molecule has 0 saturated carbocycles. The predicted molar refractivity (Wildman–Crippen MR) is 81.8 cm³/mol. The lowest BCUT2D eigenvalue weighted by Crippen LogP contribution is -2.11. The molecular weight excluding hydrogens is 317 g/mol. The van der Waals surface area contributed by atoms with E-state index in [0.717, 1.165) is 10.1 Å². The van der Waals surface area contributed by atoms with E-state index in [-0.39, 0.29) is 22.2 Å². The number of nitrogens with zero attached hydrogens (tertiary/aromatic N) is 2. The number of carbonyl (C=O) groups is 1. The van der Waals surface area contributed by atoms with E-state index in [1.807, 2.05) is 30.3 Å². The van der Waals surface area contributed by atoms with Crippen molar-refractivity contribution >= 4 is 56.3 Å². The molecule has 100 valence electrons. The van der Waals surface area contributed by atoms with Gasteiger partial charge < -0.3 is 5.32 Å². The average molecular weight is 324 g/mol. The molecule has 20 heavy (non-hydrogen) atoms. The third-order valence-corrected chi connectivity index (χ3v) is 4.04. The molecule has 0 fully saturated rings. The maximum atomic E-state index is 12.2. The zero-order valence-corrected chi connectivity index (χ0v) is 12.3. The molecule has 0 aliphatic heterocycles. The van der Waals surface area contributed by atoms with E-state index in [9.17, 15) is 4.79 Å². The number of nitrogens with one attached hydrogen (secondary N) is 1. The highest BCUT2D eigenvalue weighted by atomic mass is 35.5. The van der Waals surface area contributed by atoms with Crippen molar-refractivity contribution in [3.8, 4) is 0 Å². The van der Waals surface area contributed by atoms with Crippen LogP contribution in [0.5, 0.6) is 0 Å². The van der Waals surface area contributed by atoms with Crippen LogP contribution in [0.15, 0.2) is 36.4 Å². The number of fused-ring (bicyclic) bond motifs is 1. The van der Waals surface area contributed by atoms with Crippen molar-refractivity contribution < 1.29 is 4.79 Å². The molecule has 0 spiro atoms. The van der Waals surface area contributed by atoms with Crippen LogP contribution in [0.25, 0.3) is 10.1 Å². The Bertz CT molecular complexity index is 750. The average Bonchev–Trinajstić information content (AvgIpc) is 2.81. The predicted octanol–water partition coefficient (Wildman–Crippen LogP) is 4.25. The summed E-state index contributed by atoms with van der Waals surface area (Å²) in [5, 5.41) is 3.85. The van der Waals surface area contributed by atoms with Crippen LogP contribution in [0.3, 0.4) is 0 Å². The summed E-state index contributed by atoms with van der Waals surface area (Å²) in [4.78, 5) is 20.4. The molecule has 7 heteroatoms. The van der Waals surface area contributed by atoms with Gasteiger partial charge in [-0.2, -0.15) is 0 Å². The van der Waals surface area contributed by atoms with Gasteiger partial charge in [-0.25, -0.2) is 9.97 Å². The van der Waals surface area contributed by atoms with Crippen LogP contribution in [0.4, 0.5) is 5.82 Å². The molecule has 0 atom stereocenters. The molecular formula is C13H7Cl2N3OS. The smallest absolute Gasteiger partial charge is 0.266 e. The maximum absolute atomic E-state index is 12.2. The molecule has 0 aliphatic carbocycles. The third-order valence-electron chi connectivity index (χ3n) is 2.56. The van der Waals surface area contributed by atoms with Gasteiger partial charge in [0.15, 0.2) is 0 Å². The Labute approximate surface area is 128 Å². The van der Waals surface area contributed by atoms with Crippen molar-refractivity contribution in [3.05, 3.63) is 51.7 Å². The topological polar surface area (TPSA) is 54.9 Å². The van der Waals surface area contributed by atoms with Crippen LogP contribution in [0.2, 0.25) is 10.4 Å². The lowest BCUT2D eigenvalue weighted by molar-refractivity contribution is 0.103. The summed E-state index contributed by atoms with van der Waals surface area (Å²) < 4.78 is 1.05. The molecule has 4 nitrogen and oxygen atoms in total. The number of hydrogen-bond donors (Lipinski definition) is 1. The number of aromatic nitrogens is 2. The fraction of sp³-hybridized carbons (Fsp3) is 0. The first-order chi connectivity index (χ1) is 9.61. The van der Waals surface area contributed by atoms with Gasteiger partial charge in [-0.1, -0.05) is 29.8 Å². The van der Waals surface area contributed by atoms with Gasteiger partial charge in [-0.3, -0.25) is 4.79 Å². The fourth-order valence-electron chi connectivity index (χ4n) is 1.73. The van der Waals surface area contributed by atoms with Crippen LogP contribution >= 0.6 is 34.5 Å². The highest BCUT2D eigenvalue weighted by Gasteiger charge is 2.12. The van der Waals surface area contributed by atoms with Gasteiger partial charge in [0, 0.05) is 10.8 Å². The van der Waals surface area contributed by atoms with Gasteiger partial charge in [0.1, 0.15) is 11.0 Å². The van der Waals surface area contributed by atoms with E-state index in [1.165, 1.54) is 17.4 Å². The Balaban J connectivity index is 1.88. The molecule has 3 aromatic rings. The molecule has 3 rings (SSSR count). The van der Waals surface area contributed by atoms with E-state index < -0.39 is 0 Å². The van der Waals surface area contributed by atoms with Crippen molar-refractivity contribution in [2.75, 3.05) is 5.32 Å². The maximum Gasteiger partial charge on any atom is 0.266 e. The van der Waals surface area contributed by atoms with Crippen LogP contribution < -0.4 is 5.32 Å². The van der Waals surface area contributed by atoms with Crippen molar-refractivity contribution in [2.45, 2.75) is 0 Å². The molecule has 1 aromatic carbocycles. The Morgan fingerprint density at radius 2 is 1.95 bits per heavy atom. The second-order valence-electron chi connectivity index (χ2n) is 3.95. The number of thiophene rings is 1. The number of anilines is 1. The summed E-state index contributed by atoms with van der Waals surface area (Å²) >= 11 is 12.9. The van der Waals surface area contributed by atoms with E-state index in [2.05, 4.69) is 15.3 Å². The van der Waals surface area contributed by atoms with E-state index in [1.54, 1.807) is 0 Å². The van der Waals surface area contributed by atoms with Crippen molar-refractivity contribution in [1.29, 1.82) is 0 Å². The Morgan fingerprint density at radius 1 is 1.15 bits per heavy atom. The normalized spacial score (nSPS) is 10.7. The van der Waals surface area contributed by atoms with E-state index in [0.29, 0.717) is 4.88 Å². The summed E-state index contributed by atoms with van der Waals surface area (Å²) in [7, 11) is 0. The quantitative estimate of drug-likeness (QED) is 0.566. The molecule has 0 bridgehead atoms. The SMILES string of the molecule is O=C(Nc1cc(Cl)nc(Cl)n1)c1cc2ccccc2s1. The molecule has 2 heterocycles. The summed E-state index contributed by atoms with van der Waals surface area (Å²) in [5.74, 6) is 0.0227. The molecule has 2 aromatic heterocycles. The summed E-state index contributed by atoms with van der Waals surface area (Å²) in [6.45, 7) is 0. The van der Waals surface area contributed by atoms with Crippen molar-refractivity contribution in [2.24, 2.45) is 0 Å². The monoisotopic (exact) mass is 323 g/mol. The first-order valence-corrected chi connectivity index (χ1v) is 7.19. The first-order valence-electron chi connectivity index (χ1n) is 5.62. The fourth-order valence-corrected chi connectivity index (χ4v) is 3.09. The zero-order valence-electron chi connectivity index (χ0n) is 9.93. The van der Waals surface area contributed by atoms with Gasteiger partial charge >= 0.3 is 0 Å². The minimum atomic E-state index is -0.253. The number of amides is 1. The Hall–Kier alpha value is -1.69. The largest absolute Gasteiger partial charge is 0.306 e. The van der Waals surface area contributed by atoms with Gasteiger partial charge in [-0.15, -0.1) is 11.3 Å². The summed E-state index contributed by atoms with van der Waals surface area (Å²) in [6, 6.07) is 11.1. The van der Waals surface area contributed by atoms with Crippen LogP contribution in [-0.2, 0) is 0 Å². The Morgan fingerprint density at radius 3 is 2.70 bits per heavy atom. The van der Waals surface area contributed by atoms with Gasteiger partial charge in [-0.05, 0) is 29.1 Å². The van der Waals surface area contributed by atoms with Crippen molar-refractivity contribution in [1.82, 2.24) is 9.97 Å². The molecule has 0 unspecified atom stereocenters. The number of rotatable bonds is 2. The lowest BCUT2D eigenvalue weighted by Gasteiger charge is -2.02. The molecule has 1 N–H and O–H groups in total.